The average Bonchev–Trinajstić information content (AvgIpc) is 2.74. The van der Waals surface area contributed by atoms with Crippen LogP contribution in [0.15, 0.2) is 0 Å². The van der Waals surface area contributed by atoms with Crippen LogP contribution in [0, 0.1) is 0 Å². The van der Waals surface area contributed by atoms with Crippen molar-refractivity contribution in [1.82, 2.24) is 5.32 Å². The van der Waals surface area contributed by atoms with E-state index in [-0.39, 0.29) is 11.4 Å². The lowest BCUT2D eigenvalue weighted by molar-refractivity contribution is -0.122. The summed E-state index contributed by atoms with van der Waals surface area (Å²) in [4.78, 5) is 11.8. The molecule has 17 heavy (non-hydrogen) atoms. The van der Waals surface area contributed by atoms with Gasteiger partial charge in [0.05, 0.1) is 0 Å². The molecule has 1 saturated heterocycles. The van der Waals surface area contributed by atoms with Crippen LogP contribution in [0.25, 0.3) is 0 Å². The summed E-state index contributed by atoms with van der Waals surface area (Å²) in [6.07, 6.45) is 4.89. The molecule has 1 heterocycles. The Balaban J connectivity index is 1.66. The summed E-state index contributed by atoms with van der Waals surface area (Å²) in [5, 5.41) is 3.64. The van der Waals surface area contributed by atoms with Crippen molar-refractivity contribution in [3.63, 3.8) is 0 Å². The highest BCUT2D eigenvalue weighted by Gasteiger charge is 2.31. The van der Waals surface area contributed by atoms with Gasteiger partial charge in [-0.1, -0.05) is 12.8 Å². The Morgan fingerprint density at radius 1 is 1.35 bits per heavy atom. The summed E-state index contributed by atoms with van der Waals surface area (Å²) in [7, 11) is 0. The Labute approximate surface area is 112 Å². The number of nitrogens with two attached hydrogens (primary N) is 1. The maximum atomic E-state index is 11.8. The van der Waals surface area contributed by atoms with E-state index in [0.29, 0.717) is 11.7 Å². The van der Waals surface area contributed by atoms with Gasteiger partial charge in [0.25, 0.3) is 0 Å². The molecule has 2 rings (SSSR count). The standard InChI is InChI=1S/C12H22N2OS2/c13-12(3-1-2-4-12)7-11(15)14-8-10-9-16-5-6-17-10/h10H,1-9,13H2,(H,14,15). The maximum Gasteiger partial charge on any atom is 0.221 e. The van der Waals surface area contributed by atoms with Gasteiger partial charge in [-0.05, 0) is 12.8 Å². The minimum Gasteiger partial charge on any atom is -0.355 e. The molecule has 0 spiro atoms. The molecule has 5 heteroatoms. The van der Waals surface area contributed by atoms with Crippen molar-refractivity contribution in [1.29, 1.82) is 0 Å². The van der Waals surface area contributed by atoms with Crippen molar-refractivity contribution < 1.29 is 4.79 Å². The second-order valence-electron chi connectivity index (χ2n) is 5.12. The largest absolute Gasteiger partial charge is 0.355 e. The van der Waals surface area contributed by atoms with Crippen molar-refractivity contribution in [3.8, 4) is 0 Å². The summed E-state index contributed by atoms with van der Waals surface area (Å²) in [6, 6.07) is 0. The van der Waals surface area contributed by atoms with E-state index in [0.717, 1.165) is 19.4 Å². The van der Waals surface area contributed by atoms with Crippen molar-refractivity contribution in [3.05, 3.63) is 0 Å². The summed E-state index contributed by atoms with van der Waals surface area (Å²) < 4.78 is 0. The third kappa shape index (κ3) is 4.38. The zero-order valence-corrected chi connectivity index (χ0v) is 11.9. The van der Waals surface area contributed by atoms with Crippen LogP contribution in [0.4, 0.5) is 0 Å². The lowest BCUT2D eigenvalue weighted by Crippen LogP contribution is -2.43. The molecule has 1 aliphatic carbocycles. The molecule has 0 aromatic carbocycles. The molecule has 2 aliphatic rings. The van der Waals surface area contributed by atoms with Gasteiger partial charge in [0.1, 0.15) is 0 Å². The van der Waals surface area contributed by atoms with E-state index in [2.05, 4.69) is 5.32 Å². The minimum absolute atomic E-state index is 0.144. The molecule has 98 valence electrons. The van der Waals surface area contributed by atoms with Crippen LogP contribution in [0.5, 0.6) is 0 Å². The summed E-state index contributed by atoms with van der Waals surface area (Å²) in [6.45, 7) is 0.812. The van der Waals surface area contributed by atoms with Crippen molar-refractivity contribution >= 4 is 29.4 Å². The van der Waals surface area contributed by atoms with Gasteiger partial charge in [0.15, 0.2) is 0 Å². The zero-order valence-electron chi connectivity index (χ0n) is 10.2. The number of nitrogens with one attached hydrogen (secondary N) is 1. The van der Waals surface area contributed by atoms with Gasteiger partial charge >= 0.3 is 0 Å². The number of hydrogen-bond acceptors (Lipinski definition) is 4. The Kier molecular flexibility index (Phi) is 5.06. The lowest BCUT2D eigenvalue weighted by Gasteiger charge is -2.24. The molecule has 1 atom stereocenters. The van der Waals surface area contributed by atoms with E-state index < -0.39 is 0 Å². The SMILES string of the molecule is NC1(CC(=O)NCC2CSCCS2)CCCC1. The molecule has 3 nitrogen and oxygen atoms in total. The number of carbonyl (C=O) groups is 1. The average molecular weight is 274 g/mol. The molecule has 0 aromatic heterocycles. The fourth-order valence-corrected chi connectivity index (χ4v) is 5.13. The molecule has 1 saturated carbocycles. The van der Waals surface area contributed by atoms with Gasteiger partial charge in [0, 0.05) is 41.0 Å². The summed E-state index contributed by atoms with van der Waals surface area (Å²) in [5.74, 6) is 3.77. The van der Waals surface area contributed by atoms with Gasteiger partial charge < -0.3 is 11.1 Å². The second kappa shape index (κ2) is 6.34. The van der Waals surface area contributed by atoms with Crippen LogP contribution in [0.2, 0.25) is 0 Å². The first kappa shape index (κ1) is 13.6. The first-order valence-corrected chi connectivity index (χ1v) is 8.63. The first-order valence-electron chi connectivity index (χ1n) is 6.43. The predicted octanol–water partition coefficient (Wildman–Crippen LogP) is 1.61. The maximum absolute atomic E-state index is 11.8. The molecular formula is C12H22N2OS2. The number of hydrogen-bond donors (Lipinski definition) is 2. The fraction of sp³-hybridized carbons (Fsp3) is 0.917. The van der Waals surface area contributed by atoms with E-state index in [9.17, 15) is 4.79 Å². The third-order valence-corrected chi connectivity index (χ3v) is 6.37. The molecule has 3 N–H and O–H groups in total. The Morgan fingerprint density at radius 3 is 2.76 bits per heavy atom. The van der Waals surface area contributed by atoms with E-state index in [1.54, 1.807) is 0 Å². The van der Waals surface area contributed by atoms with Gasteiger partial charge in [-0.15, -0.1) is 0 Å². The molecule has 2 fully saturated rings. The highest BCUT2D eigenvalue weighted by molar-refractivity contribution is 8.06. The summed E-state index contributed by atoms with van der Waals surface area (Å²) in [5.41, 5.74) is 5.99. The van der Waals surface area contributed by atoms with Crippen LogP contribution >= 0.6 is 23.5 Å². The fourth-order valence-electron chi connectivity index (χ4n) is 2.52. The van der Waals surface area contributed by atoms with E-state index in [4.69, 9.17) is 5.73 Å². The Morgan fingerprint density at radius 2 is 2.12 bits per heavy atom. The molecule has 0 aromatic rings. The van der Waals surface area contributed by atoms with Crippen LogP contribution in [-0.4, -0.2) is 40.5 Å². The topological polar surface area (TPSA) is 55.1 Å². The van der Waals surface area contributed by atoms with Gasteiger partial charge in [-0.2, -0.15) is 23.5 Å². The van der Waals surface area contributed by atoms with E-state index in [1.165, 1.54) is 30.1 Å². The number of carbonyl (C=O) groups excluding carboxylic acids is 1. The number of rotatable bonds is 4. The number of amides is 1. The highest BCUT2D eigenvalue weighted by atomic mass is 32.2. The normalized spacial score (nSPS) is 27.9. The van der Waals surface area contributed by atoms with Crippen LogP contribution < -0.4 is 11.1 Å². The predicted molar refractivity (Wildman–Crippen MR) is 76.6 cm³/mol. The molecule has 0 bridgehead atoms. The van der Waals surface area contributed by atoms with Crippen molar-refractivity contribution in [2.75, 3.05) is 23.8 Å². The summed E-state index contributed by atoms with van der Waals surface area (Å²) >= 11 is 3.97. The lowest BCUT2D eigenvalue weighted by atomic mass is 9.94. The van der Waals surface area contributed by atoms with Crippen LogP contribution in [0.3, 0.4) is 0 Å². The van der Waals surface area contributed by atoms with Gasteiger partial charge in [-0.3, -0.25) is 4.79 Å². The van der Waals surface area contributed by atoms with E-state index in [1.807, 2.05) is 23.5 Å². The van der Waals surface area contributed by atoms with Crippen molar-refractivity contribution in [2.45, 2.75) is 42.9 Å². The van der Waals surface area contributed by atoms with Crippen LogP contribution in [-0.2, 0) is 4.79 Å². The second-order valence-corrected chi connectivity index (χ2v) is 7.68. The minimum atomic E-state index is -0.210. The van der Waals surface area contributed by atoms with Gasteiger partial charge in [-0.25, -0.2) is 0 Å². The number of thioether (sulfide) groups is 2. The smallest absolute Gasteiger partial charge is 0.221 e. The zero-order chi connectivity index (χ0) is 12.1. The molecule has 1 aliphatic heterocycles. The Hall–Kier alpha value is 0.130. The molecule has 0 radical (unpaired) electrons. The Bertz CT molecular complexity index is 261. The molecule has 1 amide bonds. The third-order valence-electron chi connectivity index (χ3n) is 3.52. The monoisotopic (exact) mass is 274 g/mol. The first-order chi connectivity index (χ1) is 8.18. The van der Waals surface area contributed by atoms with E-state index >= 15 is 0 Å². The highest BCUT2D eigenvalue weighted by Crippen LogP contribution is 2.30. The van der Waals surface area contributed by atoms with Gasteiger partial charge in [0.2, 0.25) is 5.91 Å². The molecular weight excluding hydrogens is 252 g/mol. The molecule has 1 unspecified atom stereocenters. The van der Waals surface area contributed by atoms with Crippen molar-refractivity contribution in [2.24, 2.45) is 5.73 Å². The van der Waals surface area contributed by atoms with Crippen LogP contribution in [0.1, 0.15) is 32.1 Å². The quantitative estimate of drug-likeness (QED) is 0.818.